The molecule has 0 saturated heterocycles. The number of thiazole rings is 1. The zero-order chi connectivity index (χ0) is 13.1. The van der Waals surface area contributed by atoms with E-state index in [2.05, 4.69) is 11.6 Å². The number of carboxylic acid groups (broad SMARTS) is 1. The van der Waals surface area contributed by atoms with Crippen LogP contribution in [0.3, 0.4) is 0 Å². The number of hydrogen-bond acceptors (Lipinski definition) is 5. The summed E-state index contributed by atoms with van der Waals surface area (Å²) in [5, 5.41) is 8.84. The van der Waals surface area contributed by atoms with E-state index in [9.17, 15) is 13.2 Å². The van der Waals surface area contributed by atoms with Crippen LogP contribution in [0.4, 0.5) is 0 Å². The molecule has 1 N–H and O–H groups in total. The van der Waals surface area contributed by atoms with Crippen molar-refractivity contribution in [3.05, 3.63) is 23.9 Å². The van der Waals surface area contributed by atoms with Gasteiger partial charge in [-0.2, -0.15) is 4.31 Å². The average Bonchev–Trinajstić information content (AvgIpc) is 2.74. The number of carboxylic acids is 1. The minimum absolute atomic E-state index is 0.135. The third kappa shape index (κ3) is 2.71. The number of nitrogens with zero attached hydrogens (tertiary/aromatic N) is 2. The number of hydrogen-bond donors (Lipinski definition) is 1. The molecule has 94 valence electrons. The number of likely N-dealkylation sites (N-methyl/N-ethyl adjacent to an activating group) is 1. The van der Waals surface area contributed by atoms with Crippen molar-refractivity contribution in [1.82, 2.24) is 9.29 Å². The minimum Gasteiger partial charge on any atom is -0.476 e. The fourth-order valence-electron chi connectivity index (χ4n) is 1.22. The van der Waals surface area contributed by atoms with Crippen molar-refractivity contribution >= 4 is 27.3 Å². The van der Waals surface area contributed by atoms with Crippen LogP contribution in [0.1, 0.15) is 17.4 Å². The third-order valence-corrected chi connectivity index (χ3v) is 5.28. The van der Waals surface area contributed by atoms with Gasteiger partial charge in [-0.15, -0.1) is 17.9 Å². The number of carbonyl (C=O) groups is 1. The van der Waals surface area contributed by atoms with E-state index in [0.717, 1.165) is 15.6 Å². The molecule has 0 aliphatic heterocycles. The van der Waals surface area contributed by atoms with Gasteiger partial charge in [-0.3, -0.25) is 0 Å². The van der Waals surface area contributed by atoms with Gasteiger partial charge in [-0.1, -0.05) is 13.0 Å². The topological polar surface area (TPSA) is 87.6 Å². The second kappa shape index (κ2) is 5.39. The number of aromatic carboxylic acids is 1. The fraction of sp³-hybridized carbons (Fsp3) is 0.333. The van der Waals surface area contributed by atoms with E-state index < -0.39 is 21.7 Å². The van der Waals surface area contributed by atoms with E-state index in [-0.39, 0.29) is 17.3 Å². The molecule has 0 saturated carbocycles. The Labute approximate surface area is 103 Å². The van der Waals surface area contributed by atoms with Gasteiger partial charge in [-0.25, -0.2) is 18.2 Å². The number of sulfonamides is 1. The Morgan fingerprint density at radius 1 is 1.71 bits per heavy atom. The highest BCUT2D eigenvalue weighted by Crippen LogP contribution is 2.23. The summed E-state index contributed by atoms with van der Waals surface area (Å²) < 4.78 is 25.1. The van der Waals surface area contributed by atoms with Crippen LogP contribution in [0, 0.1) is 0 Å². The number of aromatic nitrogens is 1. The van der Waals surface area contributed by atoms with Gasteiger partial charge in [0, 0.05) is 13.1 Å². The molecule has 17 heavy (non-hydrogen) atoms. The Balaban J connectivity index is 3.25. The van der Waals surface area contributed by atoms with Crippen LogP contribution in [0.25, 0.3) is 0 Å². The first kappa shape index (κ1) is 13.8. The lowest BCUT2D eigenvalue weighted by atomic mass is 10.5. The molecule has 0 spiro atoms. The molecule has 0 bridgehead atoms. The number of rotatable bonds is 6. The summed E-state index contributed by atoms with van der Waals surface area (Å²) in [7, 11) is -3.81. The molecule has 0 atom stereocenters. The van der Waals surface area contributed by atoms with Crippen molar-refractivity contribution in [1.29, 1.82) is 0 Å². The summed E-state index contributed by atoms with van der Waals surface area (Å²) in [5.74, 6) is -1.35. The maximum Gasteiger partial charge on any atom is 0.356 e. The molecular weight excluding hydrogens is 264 g/mol. The SMILES string of the molecule is C=CCN(CC)S(=O)(=O)c1scnc1C(=O)O. The molecule has 0 amide bonds. The Morgan fingerprint density at radius 2 is 2.35 bits per heavy atom. The molecule has 1 rings (SSSR count). The summed E-state index contributed by atoms with van der Waals surface area (Å²) >= 11 is 0.799. The summed E-state index contributed by atoms with van der Waals surface area (Å²) in [6, 6.07) is 0. The Hall–Kier alpha value is -1.25. The average molecular weight is 276 g/mol. The van der Waals surface area contributed by atoms with Crippen LogP contribution in [0.5, 0.6) is 0 Å². The van der Waals surface area contributed by atoms with Crippen molar-refractivity contribution in [2.45, 2.75) is 11.1 Å². The predicted molar refractivity (Wildman–Crippen MR) is 63.7 cm³/mol. The third-order valence-electron chi connectivity index (χ3n) is 2.00. The van der Waals surface area contributed by atoms with Gasteiger partial charge >= 0.3 is 5.97 Å². The Morgan fingerprint density at radius 3 is 2.82 bits per heavy atom. The molecule has 8 heteroatoms. The lowest BCUT2D eigenvalue weighted by molar-refractivity contribution is 0.0687. The van der Waals surface area contributed by atoms with Crippen molar-refractivity contribution < 1.29 is 18.3 Å². The van der Waals surface area contributed by atoms with Gasteiger partial charge in [0.25, 0.3) is 10.0 Å². The normalized spacial score (nSPS) is 11.6. The Bertz CT molecular complexity index is 521. The highest BCUT2D eigenvalue weighted by Gasteiger charge is 2.30. The highest BCUT2D eigenvalue weighted by atomic mass is 32.2. The molecule has 0 aliphatic rings. The molecular formula is C9H12N2O4S2. The summed E-state index contributed by atoms with van der Waals surface area (Å²) in [6.07, 6.45) is 1.45. The van der Waals surface area contributed by atoms with Crippen LogP contribution in [0.15, 0.2) is 22.4 Å². The van der Waals surface area contributed by atoms with Crippen molar-refractivity contribution in [2.75, 3.05) is 13.1 Å². The monoisotopic (exact) mass is 276 g/mol. The van der Waals surface area contributed by atoms with Gasteiger partial charge in [0.15, 0.2) is 9.90 Å². The first-order valence-corrected chi connectivity index (χ1v) is 7.05. The van der Waals surface area contributed by atoms with Crippen molar-refractivity contribution in [2.24, 2.45) is 0 Å². The molecule has 1 aromatic rings. The van der Waals surface area contributed by atoms with E-state index in [4.69, 9.17) is 5.11 Å². The maximum absolute atomic E-state index is 12.1. The summed E-state index contributed by atoms with van der Waals surface area (Å²) in [4.78, 5) is 14.4. The second-order valence-electron chi connectivity index (χ2n) is 3.04. The first-order valence-electron chi connectivity index (χ1n) is 4.73. The second-order valence-corrected chi connectivity index (χ2v) is 6.03. The molecule has 0 radical (unpaired) electrons. The zero-order valence-corrected chi connectivity index (χ0v) is 10.8. The molecule has 6 nitrogen and oxygen atoms in total. The van der Waals surface area contributed by atoms with Crippen molar-refractivity contribution in [3.63, 3.8) is 0 Å². The lowest BCUT2D eigenvalue weighted by Crippen LogP contribution is -2.31. The predicted octanol–water partition coefficient (Wildman–Crippen LogP) is 1.04. The quantitative estimate of drug-likeness (QED) is 0.784. The molecule has 0 aliphatic carbocycles. The summed E-state index contributed by atoms with van der Waals surface area (Å²) in [6.45, 7) is 5.51. The molecule has 0 unspecified atom stereocenters. The van der Waals surface area contributed by atoms with Gasteiger partial charge in [0.05, 0.1) is 5.51 Å². The maximum atomic E-state index is 12.1. The van der Waals surface area contributed by atoms with Gasteiger partial charge < -0.3 is 5.11 Å². The Kier molecular flexibility index (Phi) is 4.38. The lowest BCUT2D eigenvalue weighted by Gasteiger charge is -2.17. The van der Waals surface area contributed by atoms with E-state index in [1.54, 1.807) is 6.92 Å². The van der Waals surface area contributed by atoms with E-state index in [1.165, 1.54) is 11.6 Å². The zero-order valence-electron chi connectivity index (χ0n) is 9.16. The van der Waals surface area contributed by atoms with Gasteiger partial charge in [0.1, 0.15) is 0 Å². The smallest absolute Gasteiger partial charge is 0.356 e. The standard InChI is InChI=1S/C9H12N2O4S2/c1-3-5-11(4-2)17(14,15)9-7(8(12)13)10-6-16-9/h3,6H,1,4-5H2,2H3,(H,12,13). The van der Waals surface area contributed by atoms with E-state index in [0.29, 0.717) is 0 Å². The van der Waals surface area contributed by atoms with Crippen molar-refractivity contribution in [3.8, 4) is 0 Å². The van der Waals surface area contributed by atoms with Crippen LogP contribution in [-0.4, -0.2) is 41.9 Å². The van der Waals surface area contributed by atoms with Crippen LogP contribution in [-0.2, 0) is 10.0 Å². The largest absolute Gasteiger partial charge is 0.476 e. The van der Waals surface area contributed by atoms with Crippen LogP contribution in [0.2, 0.25) is 0 Å². The molecule has 0 aromatic carbocycles. The van der Waals surface area contributed by atoms with E-state index in [1.807, 2.05) is 0 Å². The van der Waals surface area contributed by atoms with Gasteiger partial charge in [-0.05, 0) is 0 Å². The fourth-order valence-corrected chi connectivity index (χ4v) is 3.92. The molecule has 1 aromatic heterocycles. The molecule has 0 fully saturated rings. The van der Waals surface area contributed by atoms with Gasteiger partial charge in [0.2, 0.25) is 0 Å². The van der Waals surface area contributed by atoms with E-state index >= 15 is 0 Å². The van der Waals surface area contributed by atoms with Crippen LogP contribution >= 0.6 is 11.3 Å². The minimum atomic E-state index is -3.81. The summed E-state index contributed by atoms with van der Waals surface area (Å²) in [5.41, 5.74) is 0.774. The highest BCUT2D eigenvalue weighted by molar-refractivity contribution is 7.91. The molecule has 1 heterocycles. The first-order chi connectivity index (χ1) is 7.95. The van der Waals surface area contributed by atoms with Crippen LogP contribution < -0.4 is 0 Å².